The Morgan fingerprint density at radius 3 is 2.88 bits per heavy atom. The summed E-state index contributed by atoms with van der Waals surface area (Å²) in [5.41, 5.74) is 3.56. The van der Waals surface area contributed by atoms with E-state index in [9.17, 15) is 0 Å². The number of benzene rings is 1. The molecule has 2 rings (SSSR count). The second-order valence-electron chi connectivity index (χ2n) is 3.86. The Balaban J connectivity index is 2.12. The first-order valence-corrected chi connectivity index (χ1v) is 7.11. The standard InChI is InChI=1S/C12H13BrIN3/c1-8-9(7-16-17(8)2)6-15-12-5-10(13)3-4-11(12)14/h3-5,7,15H,6H2,1-2H3. The number of hydrogen-bond acceptors (Lipinski definition) is 2. The molecule has 0 saturated carbocycles. The summed E-state index contributed by atoms with van der Waals surface area (Å²) in [6.07, 6.45) is 1.91. The van der Waals surface area contributed by atoms with Crippen LogP contribution in [0.2, 0.25) is 0 Å². The number of anilines is 1. The van der Waals surface area contributed by atoms with Gasteiger partial charge in [-0.25, -0.2) is 0 Å². The van der Waals surface area contributed by atoms with Gasteiger partial charge in [-0.3, -0.25) is 4.68 Å². The third-order valence-corrected chi connectivity index (χ3v) is 4.17. The maximum absolute atomic E-state index is 4.23. The van der Waals surface area contributed by atoms with E-state index < -0.39 is 0 Å². The highest BCUT2D eigenvalue weighted by molar-refractivity contribution is 14.1. The van der Waals surface area contributed by atoms with Crippen molar-refractivity contribution in [3.05, 3.63) is 43.7 Å². The third kappa shape index (κ3) is 3.01. The van der Waals surface area contributed by atoms with Gasteiger partial charge in [0.25, 0.3) is 0 Å². The van der Waals surface area contributed by atoms with E-state index in [2.05, 4.69) is 68.0 Å². The third-order valence-electron chi connectivity index (χ3n) is 2.73. The summed E-state index contributed by atoms with van der Waals surface area (Å²) in [5.74, 6) is 0. The fourth-order valence-corrected chi connectivity index (χ4v) is 2.43. The molecule has 0 atom stereocenters. The summed E-state index contributed by atoms with van der Waals surface area (Å²) in [4.78, 5) is 0. The lowest BCUT2D eigenvalue weighted by molar-refractivity contribution is 0.738. The van der Waals surface area contributed by atoms with E-state index in [-0.39, 0.29) is 0 Å². The minimum atomic E-state index is 0.798. The molecule has 1 heterocycles. The number of nitrogens with zero attached hydrogens (tertiary/aromatic N) is 2. The molecule has 0 aliphatic heterocycles. The number of hydrogen-bond donors (Lipinski definition) is 1. The van der Waals surface area contributed by atoms with Crippen LogP contribution in [0, 0.1) is 10.5 Å². The van der Waals surface area contributed by atoms with Gasteiger partial charge in [-0.2, -0.15) is 5.10 Å². The molecule has 5 heteroatoms. The smallest absolute Gasteiger partial charge is 0.0542 e. The topological polar surface area (TPSA) is 29.9 Å². The SMILES string of the molecule is Cc1c(CNc2cc(Br)ccc2I)cnn1C. The maximum Gasteiger partial charge on any atom is 0.0542 e. The first-order valence-electron chi connectivity index (χ1n) is 5.24. The number of aromatic nitrogens is 2. The molecule has 17 heavy (non-hydrogen) atoms. The molecule has 0 fully saturated rings. The van der Waals surface area contributed by atoms with Gasteiger partial charge in [0.15, 0.2) is 0 Å². The van der Waals surface area contributed by atoms with Crippen molar-refractivity contribution < 1.29 is 0 Å². The Hall–Kier alpha value is -0.560. The second kappa shape index (κ2) is 5.39. The summed E-state index contributed by atoms with van der Waals surface area (Å²) in [6, 6.07) is 6.22. The molecule has 0 amide bonds. The minimum Gasteiger partial charge on any atom is -0.380 e. The van der Waals surface area contributed by atoms with E-state index in [0.29, 0.717) is 0 Å². The van der Waals surface area contributed by atoms with Crippen molar-refractivity contribution >= 4 is 44.2 Å². The van der Waals surface area contributed by atoms with Gasteiger partial charge in [0, 0.05) is 38.6 Å². The molecule has 0 bridgehead atoms. The largest absolute Gasteiger partial charge is 0.380 e. The van der Waals surface area contributed by atoms with Crippen LogP contribution in [0.3, 0.4) is 0 Å². The van der Waals surface area contributed by atoms with Gasteiger partial charge in [0.05, 0.1) is 6.20 Å². The maximum atomic E-state index is 4.23. The lowest BCUT2D eigenvalue weighted by Crippen LogP contribution is -2.02. The van der Waals surface area contributed by atoms with Crippen molar-refractivity contribution in [2.75, 3.05) is 5.32 Å². The van der Waals surface area contributed by atoms with Crippen LogP contribution in [0.4, 0.5) is 5.69 Å². The molecule has 1 aromatic heterocycles. The van der Waals surface area contributed by atoms with Crippen molar-refractivity contribution in [2.24, 2.45) is 7.05 Å². The number of aryl methyl sites for hydroxylation is 1. The van der Waals surface area contributed by atoms with E-state index in [1.54, 1.807) is 0 Å². The highest BCUT2D eigenvalue weighted by Gasteiger charge is 2.05. The van der Waals surface area contributed by atoms with Crippen LogP contribution in [0.5, 0.6) is 0 Å². The van der Waals surface area contributed by atoms with Crippen molar-refractivity contribution in [2.45, 2.75) is 13.5 Å². The molecule has 0 unspecified atom stereocenters. The van der Waals surface area contributed by atoms with E-state index in [1.807, 2.05) is 24.0 Å². The van der Waals surface area contributed by atoms with Crippen molar-refractivity contribution in [3.63, 3.8) is 0 Å². The molecule has 0 saturated heterocycles. The van der Waals surface area contributed by atoms with Gasteiger partial charge >= 0.3 is 0 Å². The molecule has 2 aromatic rings. The van der Waals surface area contributed by atoms with Gasteiger partial charge in [-0.1, -0.05) is 15.9 Å². The van der Waals surface area contributed by atoms with E-state index in [1.165, 1.54) is 14.8 Å². The zero-order valence-electron chi connectivity index (χ0n) is 9.67. The Bertz CT molecular complexity index is 537. The molecule has 1 N–H and O–H groups in total. The van der Waals surface area contributed by atoms with E-state index in [4.69, 9.17) is 0 Å². The normalized spacial score (nSPS) is 10.6. The summed E-state index contributed by atoms with van der Waals surface area (Å²) >= 11 is 5.81. The predicted octanol–water partition coefficient (Wildman–Crippen LogP) is 3.71. The monoisotopic (exact) mass is 405 g/mol. The van der Waals surface area contributed by atoms with Crippen LogP contribution < -0.4 is 5.32 Å². The van der Waals surface area contributed by atoms with Gasteiger partial charge in [0.1, 0.15) is 0 Å². The molecule has 90 valence electrons. The average molecular weight is 406 g/mol. The molecule has 3 nitrogen and oxygen atoms in total. The Morgan fingerprint density at radius 1 is 1.47 bits per heavy atom. The van der Waals surface area contributed by atoms with Crippen molar-refractivity contribution in [1.29, 1.82) is 0 Å². The molecular formula is C12H13BrIN3. The zero-order chi connectivity index (χ0) is 12.4. The molecule has 0 spiro atoms. The quantitative estimate of drug-likeness (QED) is 0.789. The number of rotatable bonds is 3. The highest BCUT2D eigenvalue weighted by atomic mass is 127. The van der Waals surface area contributed by atoms with Gasteiger partial charge in [-0.15, -0.1) is 0 Å². The summed E-state index contributed by atoms with van der Waals surface area (Å²) in [5, 5.41) is 7.67. The summed E-state index contributed by atoms with van der Waals surface area (Å²) in [6.45, 7) is 2.88. The zero-order valence-corrected chi connectivity index (χ0v) is 13.4. The molecule has 0 aliphatic carbocycles. The van der Waals surface area contributed by atoms with Gasteiger partial charge in [0.2, 0.25) is 0 Å². The lowest BCUT2D eigenvalue weighted by atomic mass is 10.2. The minimum absolute atomic E-state index is 0.798. The first kappa shape index (κ1) is 12.9. The molecular weight excluding hydrogens is 393 g/mol. The van der Waals surface area contributed by atoms with Crippen LogP contribution in [-0.2, 0) is 13.6 Å². The first-order chi connectivity index (χ1) is 8.08. The van der Waals surface area contributed by atoms with Crippen LogP contribution in [0.15, 0.2) is 28.9 Å². The van der Waals surface area contributed by atoms with E-state index in [0.717, 1.165) is 16.7 Å². The molecule has 0 radical (unpaired) electrons. The highest BCUT2D eigenvalue weighted by Crippen LogP contribution is 2.23. The Morgan fingerprint density at radius 2 is 2.24 bits per heavy atom. The predicted molar refractivity (Wildman–Crippen MR) is 82.1 cm³/mol. The fourth-order valence-electron chi connectivity index (χ4n) is 1.54. The Labute approximate surface area is 123 Å². The van der Waals surface area contributed by atoms with Crippen LogP contribution in [-0.4, -0.2) is 9.78 Å². The van der Waals surface area contributed by atoms with Gasteiger partial charge in [-0.05, 0) is 47.7 Å². The van der Waals surface area contributed by atoms with Crippen molar-refractivity contribution in [3.8, 4) is 0 Å². The number of halogens is 2. The fraction of sp³-hybridized carbons (Fsp3) is 0.250. The van der Waals surface area contributed by atoms with Gasteiger partial charge < -0.3 is 5.32 Å². The number of nitrogens with one attached hydrogen (secondary N) is 1. The molecule has 1 aromatic carbocycles. The Kier molecular flexibility index (Phi) is 4.09. The van der Waals surface area contributed by atoms with Crippen LogP contribution in [0.25, 0.3) is 0 Å². The van der Waals surface area contributed by atoms with E-state index >= 15 is 0 Å². The van der Waals surface area contributed by atoms with Crippen LogP contribution in [0.1, 0.15) is 11.3 Å². The summed E-state index contributed by atoms with van der Waals surface area (Å²) < 4.78 is 4.19. The molecule has 0 aliphatic rings. The van der Waals surface area contributed by atoms with Crippen LogP contribution >= 0.6 is 38.5 Å². The average Bonchev–Trinajstić information content (AvgIpc) is 2.62. The van der Waals surface area contributed by atoms with Crippen molar-refractivity contribution in [1.82, 2.24) is 9.78 Å². The lowest BCUT2D eigenvalue weighted by Gasteiger charge is -2.08. The summed E-state index contributed by atoms with van der Waals surface area (Å²) in [7, 11) is 1.96. The second-order valence-corrected chi connectivity index (χ2v) is 5.93.